The largest absolute Gasteiger partial charge is 0.347 e. The SMILES string of the molecule is O=C(NC1CC1c1ccccc1F)c1ccn[nH]1. The lowest BCUT2D eigenvalue weighted by Crippen LogP contribution is -2.27. The number of halogens is 1. The first kappa shape index (κ1) is 11.0. The quantitative estimate of drug-likeness (QED) is 0.866. The minimum absolute atomic E-state index is 0.0118. The molecule has 0 bridgehead atoms. The van der Waals surface area contributed by atoms with Gasteiger partial charge in [0.25, 0.3) is 5.91 Å². The molecule has 1 amide bonds. The predicted octanol–water partition coefficient (Wildman–Crippen LogP) is 1.83. The van der Waals surface area contributed by atoms with Crippen LogP contribution in [0.4, 0.5) is 4.39 Å². The van der Waals surface area contributed by atoms with Gasteiger partial charge in [-0.1, -0.05) is 18.2 Å². The maximum absolute atomic E-state index is 13.5. The molecule has 92 valence electrons. The Labute approximate surface area is 103 Å². The van der Waals surface area contributed by atoms with Crippen molar-refractivity contribution in [3.8, 4) is 0 Å². The lowest BCUT2D eigenvalue weighted by molar-refractivity contribution is 0.0945. The van der Waals surface area contributed by atoms with E-state index in [9.17, 15) is 9.18 Å². The highest BCUT2D eigenvalue weighted by atomic mass is 19.1. The molecule has 4 nitrogen and oxygen atoms in total. The predicted molar refractivity (Wildman–Crippen MR) is 63.6 cm³/mol. The molecule has 1 aliphatic carbocycles. The molecule has 0 saturated heterocycles. The summed E-state index contributed by atoms with van der Waals surface area (Å²) in [5.41, 5.74) is 1.10. The maximum atomic E-state index is 13.5. The van der Waals surface area contributed by atoms with E-state index in [2.05, 4.69) is 15.5 Å². The van der Waals surface area contributed by atoms with Crippen molar-refractivity contribution in [2.45, 2.75) is 18.4 Å². The van der Waals surface area contributed by atoms with Gasteiger partial charge in [0.1, 0.15) is 11.5 Å². The fourth-order valence-electron chi connectivity index (χ4n) is 2.10. The van der Waals surface area contributed by atoms with Crippen molar-refractivity contribution in [2.24, 2.45) is 0 Å². The molecule has 1 aromatic heterocycles. The van der Waals surface area contributed by atoms with Crippen LogP contribution in [0, 0.1) is 5.82 Å². The topological polar surface area (TPSA) is 57.8 Å². The molecular formula is C13H12FN3O. The van der Waals surface area contributed by atoms with E-state index in [4.69, 9.17) is 0 Å². The van der Waals surface area contributed by atoms with Gasteiger partial charge >= 0.3 is 0 Å². The monoisotopic (exact) mass is 245 g/mol. The van der Waals surface area contributed by atoms with Gasteiger partial charge in [-0.3, -0.25) is 9.89 Å². The van der Waals surface area contributed by atoms with Crippen LogP contribution in [0.1, 0.15) is 28.4 Å². The summed E-state index contributed by atoms with van der Waals surface area (Å²) in [6.07, 6.45) is 2.30. The molecule has 5 heteroatoms. The number of benzene rings is 1. The van der Waals surface area contributed by atoms with E-state index in [1.54, 1.807) is 18.2 Å². The highest BCUT2D eigenvalue weighted by Gasteiger charge is 2.41. The van der Waals surface area contributed by atoms with E-state index in [0.29, 0.717) is 11.3 Å². The fourth-order valence-corrected chi connectivity index (χ4v) is 2.10. The normalized spacial score (nSPS) is 21.6. The summed E-state index contributed by atoms with van der Waals surface area (Å²) in [5.74, 6) is -0.324. The van der Waals surface area contributed by atoms with Gasteiger partial charge in [-0.15, -0.1) is 0 Å². The van der Waals surface area contributed by atoms with Crippen LogP contribution >= 0.6 is 0 Å². The highest BCUT2D eigenvalue weighted by molar-refractivity contribution is 5.92. The molecular weight excluding hydrogens is 233 g/mol. The van der Waals surface area contributed by atoms with E-state index < -0.39 is 0 Å². The zero-order valence-corrected chi connectivity index (χ0v) is 9.56. The summed E-state index contributed by atoms with van der Waals surface area (Å²) in [4.78, 5) is 11.7. The van der Waals surface area contributed by atoms with Gasteiger partial charge in [0, 0.05) is 18.2 Å². The van der Waals surface area contributed by atoms with Gasteiger partial charge in [0.2, 0.25) is 0 Å². The first-order valence-electron chi connectivity index (χ1n) is 5.80. The van der Waals surface area contributed by atoms with Crippen molar-refractivity contribution < 1.29 is 9.18 Å². The summed E-state index contributed by atoms with van der Waals surface area (Å²) >= 11 is 0. The summed E-state index contributed by atoms with van der Waals surface area (Å²) in [6, 6.07) is 8.31. The lowest BCUT2D eigenvalue weighted by Gasteiger charge is -2.04. The summed E-state index contributed by atoms with van der Waals surface area (Å²) < 4.78 is 13.5. The van der Waals surface area contributed by atoms with Crippen molar-refractivity contribution in [2.75, 3.05) is 0 Å². The molecule has 2 unspecified atom stereocenters. The Kier molecular flexibility index (Phi) is 2.59. The Morgan fingerprint density at radius 1 is 1.39 bits per heavy atom. The van der Waals surface area contributed by atoms with Crippen molar-refractivity contribution in [1.82, 2.24) is 15.5 Å². The number of nitrogens with zero attached hydrogens (tertiary/aromatic N) is 1. The van der Waals surface area contributed by atoms with Gasteiger partial charge in [-0.2, -0.15) is 5.10 Å². The van der Waals surface area contributed by atoms with Crippen molar-refractivity contribution in [1.29, 1.82) is 0 Å². The number of aromatic amines is 1. The van der Waals surface area contributed by atoms with E-state index in [1.165, 1.54) is 12.3 Å². The first-order chi connectivity index (χ1) is 8.75. The van der Waals surface area contributed by atoms with E-state index >= 15 is 0 Å². The third-order valence-electron chi connectivity index (χ3n) is 3.16. The van der Waals surface area contributed by atoms with E-state index in [0.717, 1.165) is 6.42 Å². The van der Waals surface area contributed by atoms with Crippen LogP contribution < -0.4 is 5.32 Å². The molecule has 1 heterocycles. The number of H-pyrrole nitrogens is 1. The maximum Gasteiger partial charge on any atom is 0.269 e. The highest BCUT2D eigenvalue weighted by Crippen LogP contribution is 2.41. The molecule has 0 radical (unpaired) electrons. The van der Waals surface area contributed by atoms with Crippen LogP contribution in [0.5, 0.6) is 0 Å². The zero-order chi connectivity index (χ0) is 12.5. The average molecular weight is 245 g/mol. The van der Waals surface area contributed by atoms with Gasteiger partial charge in [-0.05, 0) is 24.1 Å². The van der Waals surface area contributed by atoms with Crippen molar-refractivity contribution in [3.63, 3.8) is 0 Å². The molecule has 0 aliphatic heterocycles. The number of nitrogens with one attached hydrogen (secondary N) is 2. The number of hydrogen-bond acceptors (Lipinski definition) is 2. The van der Waals surface area contributed by atoms with E-state index in [1.807, 2.05) is 6.07 Å². The second kappa shape index (κ2) is 4.25. The third-order valence-corrected chi connectivity index (χ3v) is 3.16. The number of carbonyl (C=O) groups is 1. The second-order valence-corrected chi connectivity index (χ2v) is 4.41. The standard InChI is InChI=1S/C13H12FN3O/c14-10-4-2-1-3-8(10)9-7-12(9)16-13(18)11-5-6-15-17-11/h1-6,9,12H,7H2,(H,15,17)(H,16,18). The molecule has 2 atom stereocenters. The van der Waals surface area contributed by atoms with Gasteiger partial charge in [0.05, 0.1) is 0 Å². The van der Waals surface area contributed by atoms with Crippen LogP contribution in [-0.2, 0) is 0 Å². The van der Waals surface area contributed by atoms with Gasteiger partial charge in [-0.25, -0.2) is 4.39 Å². The van der Waals surface area contributed by atoms with Crippen LogP contribution in [0.3, 0.4) is 0 Å². The van der Waals surface area contributed by atoms with Crippen molar-refractivity contribution in [3.05, 3.63) is 53.6 Å². The van der Waals surface area contributed by atoms with Crippen LogP contribution in [0.25, 0.3) is 0 Å². The molecule has 2 aromatic rings. The van der Waals surface area contributed by atoms with Crippen LogP contribution in [0.2, 0.25) is 0 Å². The minimum Gasteiger partial charge on any atom is -0.347 e. The van der Waals surface area contributed by atoms with Crippen LogP contribution in [-0.4, -0.2) is 22.1 Å². The molecule has 1 fully saturated rings. The molecule has 1 saturated carbocycles. The third kappa shape index (κ3) is 1.99. The van der Waals surface area contributed by atoms with Crippen LogP contribution in [0.15, 0.2) is 36.5 Å². The van der Waals surface area contributed by atoms with Gasteiger partial charge in [0.15, 0.2) is 0 Å². The average Bonchev–Trinajstić information content (AvgIpc) is 2.92. The molecule has 1 aromatic carbocycles. The molecule has 3 rings (SSSR count). The Balaban J connectivity index is 1.65. The lowest BCUT2D eigenvalue weighted by atomic mass is 10.1. The molecule has 0 spiro atoms. The van der Waals surface area contributed by atoms with Gasteiger partial charge < -0.3 is 5.32 Å². The molecule has 2 N–H and O–H groups in total. The molecule has 18 heavy (non-hydrogen) atoms. The zero-order valence-electron chi connectivity index (χ0n) is 9.56. The summed E-state index contributed by atoms with van der Waals surface area (Å²) in [5, 5.41) is 9.17. The number of rotatable bonds is 3. The smallest absolute Gasteiger partial charge is 0.269 e. The number of hydrogen-bond donors (Lipinski definition) is 2. The fraction of sp³-hybridized carbons (Fsp3) is 0.231. The number of aromatic nitrogens is 2. The van der Waals surface area contributed by atoms with Crippen molar-refractivity contribution >= 4 is 5.91 Å². The molecule has 1 aliphatic rings. The Morgan fingerprint density at radius 3 is 2.94 bits per heavy atom. The second-order valence-electron chi connectivity index (χ2n) is 4.41. The summed E-state index contributed by atoms with van der Waals surface area (Å²) in [6.45, 7) is 0. The first-order valence-corrected chi connectivity index (χ1v) is 5.80. The number of amides is 1. The van der Waals surface area contributed by atoms with E-state index in [-0.39, 0.29) is 23.7 Å². The Morgan fingerprint density at radius 2 is 2.22 bits per heavy atom. The Bertz CT molecular complexity index is 567. The Hall–Kier alpha value is -2.17. The minimum atomic E-state index is -0.208. The summed E-state index contributed by atoms with van der Waals surface area (Å²) in [7, 11) is 0. The number of carbonyl (C=O) groups excluding carboxylic acids is 1.